The van der Waals surface area contributed by atoms with Crippen molar-refractivity contribution in [3.05, 3.63) is 29.8 Å². The van der Waals surface area contributed by atoms with E-state index >= 15 is 0 Å². The standard InChI is InChI=1S/C15H22N2O2/c1-11-10-17(7-4-8-19-11)15(18)12(2)13-5-3-6-14(16)9-13/h3,5-6,9,11-12H,4,7-8,10,16H2,1-2H3. The summed E-state index contributed by atoms with van der Waals surface area (Å²) in [6.07, 6.45) is 1.01. The highest BCUT2D eigenvalue weighted by Crippen LogP contribution is 2.21. The number of carbonyl (C=O) groups excluding carboxylic acids is 1. The molecule has 1 heterocycles. The van der Waals surface area contributed by atoms with E-state index in [1.165, 1.54) is 0 Å². The summed E-state index contributed by atoms with van der Waals surface area (Å²) >= 11 is 0. The fraction of sp³-hybridized carbons (Fsp3) is 0.533. The number of rotatable bonds is 2. The van der Waals surface area contributed by atoms with Crippen LogP contribution in [0.3, 0.4) is 0 Å². The highest BCUT2D eigenvalue weighted by molar-refractivity contribution is 5.83. The summed E-state index contributed by atoms with van der Waals surface area (Å²) in [4.78, 5) is 14.4. The van der Waals surface area contributed by atoms with E-state index in [9.17, 15) is 4.79 Å². The molecule has 1 aromatic rings. The van der Waals surface area contributed by atoms with E-state index in [1.54, 1.807) is 0 Å². The van der Waals surface area contributed by atoms with Gasteiger partial charge in [0.25, 0.3) is 0 Å². The Morgan fingerprint density at radius 2 is 2.32 bits per heavy atom. The predicted molar refractivity (Wildman–Crippen MR) is 75.9 cm³/mol. The molecule has 1 saturated heterocycles. The maximum absolute atomic E-state index is 12.5. The van der Waals surface area contributed by atoms with Crippen LogP contribution in [0.2, 0.25) is 0 Å². The second kappa shape index (κ2) is 6.06. The number of anilines is 1. The second-order valence-corrected chi connectivity index (χ2v) is 5.21. The lowest BCUT2D eigenvalue weighted by Crippen LogP contribution is -2.38. The first kappa shape index (κ1) is 13.9. The Kier molecular flexibility index (Phi) is 4.43. The maximum atomic E-state index is 12.5. The molecule has 0 aliphatic carbocycles. The number of ether oxygens (including phenoxy) is 1. The monoisotopic (exact) mass is 262 g/mol. The smallest absolute Gasteiger partial charge is 0.229 e. The van der Waals surface area contributed by atoms with Crippen molar-refractivity contribution in [1.29, 1.82) is 0 Å². The lowest BCUT2D eigenvalue weighted by molar-refractivity contribution is -0.133. The number of hydrogen-bond acceptors (Lipinski definition) is 3. The SMILES string of the molecule is CC1CN(C(=O)C(C)c2cccc(N)c2)CCCO1. The number of amides is 1. The summed E-state index contributed by atoms with van der Waals surface area (Å²) in [5, 5.41) is 0. The van der Waals surface area contributed by atoms with E-state index < -0.39 is 0 Å². The van der Waals surface area contributed by atoms with Gasteiger partial charge < -0.3 is 15.4 Å². The molecule has 1 aliphatic heterocycles. The molecule has 0 saturated carbocycles. The quantitative estimate of drug-likeness (QED) is 0.829. The number of nitrogen functional groups attached to an aromatic ring is 1. The van der Waals surface area contributed by atoms with Crippen molar-refractivity contribution in [3.8, 4) is 0 Å². The molecule has 2 unspecified atom stereocenters. The molecule has 1 amide bonds. The Balaban J connectivity index is 2.09. The molecule has 4 heteroatoms. The van der Waals surface area contributed by atoms with Crippen molar-refractivity contribution in [2.24, 2.45) is 0 Å². The Labute approximate surface area is 114 Å². The lowest BCUT2D eigenvalue weighted by Gasteiger charge is -2.25. The molecule has 1 aromatic carbocycles. The highest BCUT2D eigenvalue weighted by Gasteiger charge is 2.25. The number of hydrogen-bond donors (Lipinski definition) is 1. The third-order valence-corrected chi connectivity index (χ3v) is 3.55. The van der Waals surface area contributed by atoms with Gasteiger partial charge in [0.1, 0.15) is 0 Å². The van der Waals surface area contributed by atoms with E-state index in [4.69, 9.17) is 10.5 Å². The highest BCUT2D eigenvalue weighted by atomic mass is 16.5. The molecule has 1 aliphatic rings. The van der Waals surface area contributed by atoms with E-state index in [2.05, 4.69) is 0 Å². The molecule has 2 atom stereocenters. The van der Waals surface area contributed by atoms with Gasteiger partial charge in [0.15, 0.2) is 0 Å². The fourth-order valence-corrected chi connectivity index (χ4v) is 2.44. The van der Waals surface area contributed by atoms with Crippen LogP contribution in [-0.2, 0) is 9.53 Å². The molecule has 19 heavy (non-hydrogen) atoms. The number of nitrogens with zero attached hydrogens (tertiary/aromatic N) is 1. The van der Waals surface area contributed by atoms with Gasteiger partial charge in [-0.15, -0.1) is 0 Å². The van der Waals surface area contributed by atoms with Gasteiger partial charge in [0.2, 0.25) is 5.91 Å². The molecule has 0 bridgehead atoms. The Bertz CT molecular complexity index is 448. The molecule has 0 spiro atoms. The summed E-state index contributed by atoms with van der Waals surface area (Å²) in [7, 11) is 0. The molecule has 0 aromatic heterocycles. The topological polar surface area (TPSA) is 55.6 Å². The van der Waals surface area contributed by atoms with Crippen LogP contribution >= 0.6 is 0 Å². The van der Waals surface area contributed by atoms with Crippen LogP contribution in [-0.4, -0.2) is 36.6 Å². The Morgan fingerprint density at radius 3 is 3.05 bits per heavy atom. The third-order valence-electron chi connectivity index (χ3n) is 3.55. The average Bonchev–Trinajstić information content (AvgIpc) is 2.61. The van der Waals surface area contributed by atoms with Gasteiger partial charge in [0.05, 0.1) is 12.0 Å². The number of nitrogens with two attached hydrogens (primary N) is 1. The average molecular weight is 262 g/mol. The summed E-state index contributed by atoms with van der Waals surface area (Å²) in [5.74, 6) is -0.00301. The first-order valence-electron chi connectivity index (χ1n) is 6.83. The minimum Gasteiger partial charge on any atom is -0.399 e. The molecule has 0 radical (unpaired) electrons. The predicted octanol–water partition coefficient (Wildman–Crippen LogP) is 2.01. The van der Waals surface area contributed by atoms with Crippen LogP contribution < -0.4 is 5.73 Å². The second-order valence-electron chi connectivity index (χ2n) is 5.21. The van der Waals surface area contributed by atoms with Crippen molar-refractivity contribution in [3.63, 3.8) is 0 Å². The van der Waals surface area contributed by atoms with Gasteiger partial charge >= 0.3 is 0 Å². The summed E-state index contributed by atoms with van der Waals surface area (Å²) < 4.78 is 5.57. The van der Waals surface area contributed by atoms with Crippen LogP contribution in [0, 0.1) is 0 Å². The van der Waals surface area contributed by atoms with Crippen LogP contribution in [0.25, 0.3) is 0 Å². The molecular weight excluding hydrogens is 240 g/mol. The fourth-order valence-electron chi connectivity index (χ4n) is 2.44. The lowest BCUT2D eigenvalue weighted by atomic mass is 9.99. The molecule has 2 rings (SSSR count). The summed E-state index contributed by atoms with van der Waals surface area (Å²) in [6.45, 7) is 6.13. The zero-order chi connectivity index (χ0) is 13.8. The van der Waals surface area contributed by atoms with Crippen LogP contribution in [0.5, 0.6) is 0 Å². The first-order valence-corrected chi connectivity index (χ1v) is 6.83. The zero-order valence-corrected chi connectivity index (χ0v) is 11.6. The Morgan fingerprint density at radius 1 is 1.53 bits per heavy atom. The molecule has 2 N–H and O–H groups in total. The third kappa shape index (κ3) is 3.47. The molecular formula is C15H22N2O2. The van der Waals surface area contributed by atoms with Gasteiger partial charge in [-0.1, -0.05) is 12.1 Å². The summed E-state index contributed by atoms with van der Waals surface area (Å²) in [5.41, 5.74) is 7.45. The maximum Gasteiger partial charge on any atom is 0.229 e. The van der Waals surface area contributed by atoms with Crippen molar-refractivity contribution in [1.82, 2.24) is 4.90 Å². The summed E-state index contributed by atoms with van der Waals surface area (Å²) in [6, 6.07) is 7.56. The van der Waals surface area contributed by atoms with Crippen molar-refractivity contribution in [2.75, 3.05) is 25.4 Å². The van der Waals surface area contributed by atoms with Gasteiger partial charge in [-0.2, -0.15) is 0 Å². The zero-order valence-electron chi connectivity index (χ0n) is 11.6. The van der Waals surface area contributed by atoms with E-state index in [-0.39, 0.29) is 17.9 Å². The van der Waals surface area contributed by atoms with E-state index in [1.807, 2.05) is 43.0 Å². The molecule has 1 fully saturated rings. The van der Waals surface area contributed by atoms with E-state index in [0.717, 1.165) is 25.1 Å². The largest absolute Gasteiger partial charge is 0.399 e. The molecule has 4 nitrogen and oxygen atoms in total. The molecule has 104 valence electrons. The normalized spacial score (nSPS) is 21.8. The van der Waals surface area contributed by atoms with Crippen molar-refractivity contribution >= 4 is 11.6 Å². The first-order chi connectivity index (χ1) is 9.08. The van der Waals surface area contributed by atoms with Gasteiger partial charge in [-0.05, 0) is 38.0 Å². The van der Waals surface area contributed by atoms with Crippen LogP contribution in [0.15, 0.2) is 24.3 Å². The van der Waals surface area contributed by atoms with Gasteiger partial charge in [0, 0.05) is 25.4 Å². The number of carbonyl (C=O) groups is 1. The van der Waals surface area contributed by atoms with Gasteiger partial charge in [-0.25, -0.2) is 0 Å². The minimum atomic E-state index is -0.159. The van der Waals surface area contributed by atoms with Crippen molar-refractivity contribution < 1.29 is 9.53 Å². The number of benzene rings is 1. The van der Waals surface area contributed by atoms with Gasteiger partial charge in [-0.3, -0.25) is 4.79 Å². The van der Waals surface area contributed by atoms with Crippen molar-refractivity contribution in [2.45, 2.75) is 32.3 Å². The Hall–Kier alpha value is -1.55. The minimum absolute atomic E-state index is 0.111. The van der Waals surface area contributed by atoms with Crippen LogP contribution in [0.4, 0.5) is 5.69 Å². The van der Waals surface area contributed by atoms with Crippen LogP contribution in [0.1, 0.15) is 31.7 Å². The van der Waals surface area contributed by atoms with E-state index in [0.29, 0.717) is 12.2 Å².